The van der Waals surface area contributed by atoms with Crippen LogP contribution in [0.4, 0.5) is 0 Å². The Kier molecular flexibility index (Phi) is 4.34. The maximum absolute atomic E-state index is 11.8. The highest BCUT2D eigenvalue weighted by Crippen LogP contribution is 2.16. The van der Waals surface area contributed by atoms with E-state index in [0.717, 1.165) is 5.56 Å². The predicted molar refractivity (Wildman–Crippen MR) is 74.9 cm³/mol. The molecule has 2 rings (SSSR count). The zero-order valence-electron chi connectivity index (χ0n) is 10.4. The average molecular weight is 253 g/mol. The molecule has 0 saturated heterocycles. The fraction of sp³-hybridized carbons (Fsp3) is 0.0625. The standard InChI is InChI=1S/C16H15NO2/c18-15-9-5-4-8-14(15)16(19)10-11-17-12-13-6-2-1-3-7-13/h1-11,17-18H,12H2. The Balaban J connectivity index is 1.89. The van der Waals surface area contributed by atoms with Crippen molar-refractivity contribution in [2.75, 3.05) is 0 Å². The molecule has 0 aliphatic carbocycles. The first-order valence-electron chi connectivity index (χ1n) is 6.03. The molecule has 3 heteroatoms. The number of ketones is 1. The smallest absolute Gasteiger partial charge is 0.190 e. The van der Waals surface area contributed by atoms with E-state index in [1.807, 2.05) is 30.3 Å². The van der Waals surface area contributed by atoms with E-state index in [1.54, 1.807) is 24.4 Å². The molecule has 2 N–H and O–H groups in total. The van der Waals surface area contributed by atoms with Crippen LogP contribution in [0.1, 0.15) is 15.9 Å². The van der Waals surface area contributed by atoms with Gasteiger partial charge in [0.2, 0.25) is 0 Å². The second-order valence-electron chi connectivity index (χ2n) is 4.08. The van der Waals surface area contributed by atoms with E-state index in [9.17, 15) is 9.90 Å². The minimum absolute atomic E-state index is 0.000194. The maximum atomic E-state index is 11.8. The summed E-state index contributed by atoms with van der Waals surface area (Å²) in [7, 11) is 0. The summed E-state index contributed by atoms with van der Waals surface area (Å²) < 4.78 is 0. The topological polar surface area (TPSA) is 49.3 Å². The normalized spacial score (nSPS) is 10.5. The zero-order chi connectivity index (χ0) is 13.5. The lowest BCUT2D eigenvalue weighted by molar-refractivity contribution is 0.104. The third-order valence-electron chi connectivity index (χ3n) is 2.67. The van der Waals surface area contributed by atoms with Crippen LogP contribution in [-0.2, 0) is 6.54 Å². The number of carbonyl (C=O) groups excluding carboxylic acids is 1. The summed E-state index contributed by atoms with van der Waals surface area (Å²) in [5, 5.41) is 12.6. The molecule has 2 aromatic carbocycles. The Bertz CT molecular complexity index is 576. The first-order valence-corrected chi connectivity index (χ1v) is 6.03. The van der Waals surface area contributed by atoms with Crippen molar-refractivity contribution in [3.05, 3.63) is 78.0 Å². The number of phenols is 1. The molecule has 0 aliphatic rings. The van der Waals surface area contributed by atoms with Gasteiger partial charge in [-0.1, -0.05) is 42.5 Å². The quantitative estimate of drug-likeness (QED) is 0.636. The lowest BCUT2D eigenvalue weighted by Gasteiger charge is -2.01. The molecular weight excluding hydrogens is 238 g/mol. The molecule has 0 bridgehead atoms. The highest BCUT2D eigenvalue weighted by Gasteiger charge is 2.05. The van der Waals surface area contributed by atoms with Crippen molar-refractivity contribution >= 4 is 5.78 Å². The van der Waals surface area contributed by atoms with E-state index in [1.165, 1.54) is 12.1 Å². The van der Waals surface area contributed by atoms with E-state index in [-0.39, 0.29) is 11.5 Å². The van der Waals surface area contributed by atoms with Crippen LogP contribution in [0.3, 0.4) is 0 Å². The van der Waals surface area contributed by atoms with Crippen molar-refractivity contribution in [3.63, 3.8) is 0 Å². The van der Waals surface area contributed by atoms with E-state index < -0.39 is 0 Å². The fourth-order valence-electron chi connectivity index (χ4n) is 1.68. The largest absolute Gasteiger partial charge is 0.507 e. The lowest BCUT2D eigenvalue weighted by Crippen LogP contribution is -2.05. The summed E-state index contributed by atoms with van der Waals surface area (Å²) in [4.78, 5) is 11.8. The van der Waals surface area contributed by atoms with Crippen molar-refractivity contribution < 1.29 is 9.90 Å². The van der Waals surface area contributed by atoms with Gasteiger partial charge in [0, 0.05) is 18.8 Å². The van der Waals surface area contributed by atoms with Crippen LogP contribution >= 0.6 is 0 Å². The first-order chi connectivity index (χ1) is 9.27. The zero-order valence-corrected chi connectivity index (χ0v) is 10.4. The molecule has 0 atom stereocenters. The molecule has 0 fully saturated rings. The molecule has 0 spiro atoms. The van der Waals surface area contributed by atoms with Crippen LogP contribution in [0.25, 0.3) is 0 Å². The number of hydrogen-bond donors (Lipinski definition) is 2. The second kappa shape index (κ2) is 6.40. The molecule has 96 valence electrons. The van der Waals surface area contributed by atoms with Crippen LogP contribution in [0.2, 0.25) is 0 Å². The number of rotatable bonds is 5. The van der Waals surface area contributed by atoms with Crippen molar-refractivity contribution in [2.45, 2.75) is 6.54 Å². The Morgan fingerprint density at radius 2 is 1.74 bits per heavy atom. The van der Waals surface area contributed by atoms with Gasteiger partial charge in [-0.3, -0.25) is 4.79 Å². The predicted octanol–water partition coefficient (Wildman–Crippen LogP) is 2.88. The number of hydrogen-bond acceptors (Lipinski definition) is 3. The van der Waals surface area contributed by atoms with E-state index in [2.05, 4.69) is 5.32 Å². The number of aromatic hydroxyl groups is 1. The van der Waals surface area contributed by atoms with Gasteiger partial charge in [0.05, 0.1) is 5.56 Å². The monoisotopic (exact) mass is 253 g/mol. The Morgan fingerprint density at radius 1 is 1.05 bits per heavy atom. The minimum Gasteiger partial charge on any atom is -0.507 e. The van der Waals surface area contributed by atoms with Gasteiger partial charge in [-0.25, -0.2) is 0 Å². The summed E-state index contributed by atoms with van der Waals surface area (Å²) in [6, 6.07) is 16.4. The van der Waals surface area contributed by atoms with Gasteiger partial charge in [0.25, 0.3) is 0 Å². The van der Waals surface area contributed by atoms with Gasteiger partial charge in [-0.2, -0.15) is 0 Å². The van der Waals surface area contributed by atoms with Crippen molar-refractivity contribution in [1.82, 2.24) is 5.32 Å². The number of benzene rings is 2. The molecule has 2 aromatic rings. The Hall–Kier alpha value is -2.55. The van der Waals surface area contributed by atoms with Gasteiger partial charge in [0.1, 0.15) is 5.75 Å². The number of para-hydroxylation sites is 1. The number of nitrogens with one attached hydrogen (secondary N) is 1. The molecule has 0 amide bonds. The third kappa shape index (κ3) is 3.71. The molecule has 0 saturated carbocycles. The van der Waals surface area contributed by atoms with E-state index in [0.29, 0.717) is 12.1 Å². The molecule has 3 nitrogen and oxygen atoms in total. The van der Waals surface area contributed by atoms with Crippen LogP contribution in [-0.4, -0.2) is 10.9 Å². The Morgan fingerprint density at radius 3 is 2.47 bits per heavy atom. The van der Waals surface area contributed by atoms with Crippen LogP contribution in [0.5, 0.6) is 5.75 Å². The van der Waals surface area contributed by atoms with Crippen molar-refractivity contribution in [2.24, 2.45) is 0 Å². The summed E-state index contributed by atoms with van der Waals surface area (Å²) in [6.45, 7) is 0.658. The van der Waals surface area contributed by atoms with Crippen LogP contribution < -0.4 is 5.32 Å². The van der Waals surface area contributed by atoms with Gasteiger partial charge in [-0.15, -0.1) is 0 Å². The summed E-state index contributed by atoms with van der Waals surface area (Å²) in [6.07, 6.45) is 3.01. The molecular formula is C16H15NO2. The molecule has 19 heavy (non-hydrogen) atoms. The van der Waals surface area contributed by atoms with Crippen LogP contribution in [0.15, 0.2) is 66.9 Å². The molecule has 0 unspecified atom stereocenters. The fourth-order valence-corrected chi connectivity index (χ4v) is 1.68. The third-order valence-corrected chi connectivity index (χ3v) is 2.67. The number of carbonyl (C=O) groups is 1. The summed E-state index contributed by atoms with van der Waals surface area (Å²) in [5.41, 5.74) is 1.45. The van der Waals surface area contributed by atoms with Crippen molar-refractivity contribution in [1.29, 1.82) is 0 Å². The second-order valence-corrected chi connectivity index (χ2v) is 4.08. The SMILES string of the molecule is O=C(C=CNCc1ccccc1)c1ccccc1O. The van der Waals surface area contributed by atoms with Gasteiger partial charge in [0.15, 0.2) is 5.78 Å². The molecule has 0 radical (unpaired) electrons. The summed E-state index contributed by atoms with van der Waals surface area (Å²) >= 11 is 0. The van der Waals surface area contributed by atoms with Gasteiger partial charge >= 0.3 is 0 Å². The average Bonchev–Trinajstić information content (AvgIpc) is 2.45. The maximum Gasteiger partial charge on any atom is 0.190 e. The molecule has 0 heterocycles. The minimum atomic E-state index is -0.223. The lowest BCUT2D eigenvalue weighted by atomic mass is 10.1. The van der Waals surface area contributed by atoms with Gasteiger partial charge < -0.3 is 10.4 Å². The summed E-state index contributed by atoms with van der Waals surface area (Å²) in [5.74, 6) is -0.223. The number of allylic oxidation sites excluding steroid dienone is 1. The Labute approximate surface area is 112 Å². The molecule has 0 aromatic heterocycles. The van der Waals surface area contributed by atoms with Gasteiger partial charge in [-0.05, 0) is 17.7 Å². The van der Waals surface area contributed by atoms with Crippen molar-refractivity contribution in [3.8, 4) is 5.75 Å². The highest BCUT2D eigenvalue weighted by atomic mass is 16.3. The number of phenolic OH excluding ortho intramolecular Hbond substituents is 1. The highest BCUT2D eigenvalue weighted by molar-refractivity contribution is 6.06. The van der Waals surface area contributed by atoms with E-state index >= 15 is 0 Å². The van der Waals surface area contributed by atoms with E-state index in [4.69, 9.17) is 0 Å². The first kappa shape index (κ1) is 12.9. The molecule has 0 aliphatic heterocycles. The van der Waals surface area contributed by atoms with Crippen LogP contribution in [0, 0.1) is 0 Å².